The van der Waals surface area contributed by atoms with Crippen LogP contribution in [-0.4, -0.2) is 91.2 Å². The molecule has 0 heterocycles. The van der Waals surface area contributed by atoms with Crippen molar-refractivity contribution in [1.29, 1.82) is 0 Å². The third-order valence-corrected chi connectivity index (χ3v) is 30.3. The molecule has 14 heteroatoms. The topological polar surface area (TPSA) is 198 Å². The first-order valence-electron chi connectivity index (χ1n) is 52.6. The van der Waals surface area contributed by atoms with Crippen molar-refractivity contribution >= 4 is 103 Å². The third kappa shape index (κ3) is 24.4. The van der Waals surface area contributed by atoms with Crippen LogP contribution in [-0.2, 0) is 70.9 Å². The summed E-state index contributed by atoms with van der Waals surface area (Å²) in [5.41, 5.74) is 13.5. The van der Waals surface area contributed by atoms with Crippen LogP contribution in [0.25, 0.3) is 97.0 Å². The van der Waals surface area contributed by atoms with E-state index < -0.39 is 0 Å². The van der Waals surface area contributed by atoms with Gasteiger partial charge in [-0.05, 0) is 238 Å². The van der Waals surface area contributed by atoms with Gasteiger partial charge in [-0.2, -0.15) is 0 Å². The molecule has 0 radical (unpaired) electrons. The van der Waals surface area contributed by atoms with E-state index in [9.17, 15) is 46.0 Å². The first-order chi connectivity index (χ1) is 72.0. The van der Waals surface area contributed by atoms with Crippen molar-refractivity contribution in [2.24, 2.45) is 0 Å². The summed E-state index contributed by atoms with van der Waals surface area (Å²) >= 11 is 0. The molecule has 0 bridgehead atoms. The molecule has 0 unspecified atom stereocenters. The number of unbranched alkanes of at least 4 members (excludes halogenated alkanes) is 1. The van der Waals surface area contributed by atoms with Gasteiger partial charge >= 0.3 is 0 Å². The Morgan fingerprint density at radius 2 is 0.500 bits per heavy atom. The Bertz CT molecular complexity index is 7660. The molecule has 20 aromatic carbocycles. The fraction of sp³-hybridized carbons (Fsp3) is 0.239. The molecule has 0 saturated heterocycles. The molecule has 14 nitrogen and oxygen atoms in total. The largest absolute Gasteiger partial charge is 0.508 e. The van der Waals surface area contributed by atoms with Crippen LogP contribution in [0.5, 0.6) is 51.7 Å². The van der Waals surface area contributed by atoms with Crippen molar-refractivity contribution < 1.29 is 46.0 Å². The smallest absolute Gasteiger partial charge is 0.121 e. The summed E-state index contributed by atoms with van der Waals surface area (Å²) in [6, 6.07) is 126. The Balaban J connectivity index is 0.000000121. The molecule has 2 fully saturated rings. The minimum atomic E-state index is 0.0337. The minimum absolute atomic E-state index is 0.0337. The second kappa shape index (κ2) is 47.8. The average Bonchev–Trinajstić information content (AvgIpc) is 0.748. The van der Waals surface area contributed by atoms with E-state index in [1.807, 2.05) is 206 Å². The lowest BCUT2D eigenvalue weighted by atomic mass is 9.86. The molecular weight excluding hydrogens is 1820 g/mol. The van der Waals surface area contributed by atoms with Gasteiger partial charge in [-0.15, -0.1) is 0 Å². The van der Waals surface area contributed by atoms with Crippen LogP contribution in [0.3, 0.4) is 0 Å². The van der Waals surface area contributed by atoms with Crippen molar-refractivity contribution in [2.75, 3.05) is 18.5 Å². The molecule has 0 spiro atoms. The van der Waals surface area contributed by atoms with Crippen molar-refractivity contribution in [1.82, 2.24) is 19.6 Å². The normalized spacial score (nSPS) is 13.0. The standard InChI is InChI=1S/C28H29NO2.C28H23NO2.C28H35NO2.C26H27NO2.C24H23NO/c2*30-27-16-14-20-8-4-6-12-23(20)25(27)18-29(22-10-2-1-3-11-22)19-26-24-13-7-5-9-21(24)15-17-28(26)31;1-28(2,3)22-14-16-26(30)21(17-22)18-29(23-10-5-4-6-11-23)19-25-24-12-8-7-9-20(24)13-15-27(25)31;1-2-3-16-27(17-23-21-10-6-4-8-19(21)12-14-25(23)28)18-24-22-11-7-5-9-20(22)13-15-26(24)29;1-17-11-12-18-7-3-5-9-20(18)22(17)15-25(2)16-23-21-10-6-4-8-19(21)13-14-24(23)26/h4-9,12-17,22,30-31H,1-3,10-11,18-19H2;1-17,30-31H,18-19H2;7-9,12-17,23,30-31H,4-6,10-11,18-19H2,1-3H3;4-15,28-29H,2-3,16-18H2,1H3;3-14,26H,15-16H2,1-2H3. The van der Waals surface area contributed by atoms with Gasteiger partial charge < -0.3 is 50.9 Å². The summed E-state index contributed by atoms with van der Waals surface area (Å²) in [7, 11) is 2.11. The van der Waals surface area contributed by atoms with Gasteiger partial charge in [-0.1, -0.05) is 382 Å². The van der Waals surface area contributed by atoms with Crippen molar-refractivity contribution in [3.05, 3.63) is 443 Å². The van der Waals surface area contributed by atoms with Crippen molar-refractivity contribution in [3.8, 4) is 51.7 Å². The van der Waals surface area contributed by atoms with Crippen LogP contribution >= 0.6 is 0 Å². The van der Waals surface area contributed by atoms with Crippen LogP contribution in [0.2, 0.25) is 0 Å². The summed E-state index contributed by atoms with van der Waals surface area (Å²) in [5, 5.41) is 116. The van der Waals surface area contributed by atoms with Gasteiger partial charge in [0, 0.05) is 133 Å². The maximum Gasteiger partial charge on any atom is 0.121 e. The number of nitrogens with zero attached hydrogens (tertiary/aromatic N) is 5. The summed E-state index contributed by atoms with van der Waals surface area (Å²) in [6.07, 6.45) is 14.4. The number of phenolic OH excluding ortho intramolecular Hbond substituents is 9. The molecule has 2 aliphatic carbocycles. The maximum absolute atomic E-state index is 10.8. The number of rotatable bonds is 26. The Morgan fingerprint density at radius 3 is 0.804 bits per heavy atom. The van der Waals surface area contributed by atoms with Crippen LogP contribution in [0.1, 0.15) is 172 Å². The van der Waals surface area contributed by atoms with E-state index >= 15 is 0 Å². The van der Waals surface area contributed by atoms with E-state index in [0.29, 0.717) is 111 Å². The number of anilines is 1. The van der Waals surface area contributed by atoms with Crippen molar-refractivity contribution in [3.63, 3.8) is 0 Å². The van der Waals surface area contributed by atoms with E-state index in [0.717, 1.165) is 181 Å². The van der Waals surface area contributed by atoms with Crippen LogP contribution in [0.15, 0.2) is 376 Å². The molecule has 752 valence electrons. The SMILES string of the molecule is CC(C)(C)c1ccc(O)c(CN(Cc2c(O)ccc3ccccc23)C2CCCCC2)c1.CCCCN(Cc1c(O)ccc2ccccc12)Cc1c(O)ccc2ccccc12.Cc1ccc2ccccc2c1CN(C)Cc1c(O)ccc2ccccc12.Oc1ccc2ccccc2c1CN(Cc1c(O)ccc2ccccc12)C1CCCCC1.Oc1ccc2ccccc2c1CN(Cc1c(O)ccc2ccccc12)c1ccccc1. The molecular formula is C134H137N5O9. The van der Waals surface area contributed by atoms with E-state index in [1.54, 1.807) is 30.3 Å². The molecule has 0 aliphatic heterocycles. The Morgan fingerprint density at radius 1 is 0.250 bits per heavy atom. The van der Waals surface area contributed by atoms with Gasteiger partial charge in [0.05, 0.1) is 0 Å². The second-order valence-corrected chi connectivity index (χ2v) is 41.3. The second-order valence-electron chi connectivity index (χ2n) is 41.3. The number of hydrogen-bond donors (Lipinski definition) is 9. The lowest BCUT2D eigenvalue weighted by Crippen LogP contribution is -2.36. The highest BCUT2D eigenvalue weighted by Gasteiger charge is 2.30. The van der Waals surface area contributed by atoms with Crippen LogP contribution < -0.4 is 4.90 Å². The Kier molecular flexibility index (Phi) is 33.2. The zero-order chi connectivity index (χ0) is 103. The first-order valence-corrected chi connectivity index (χ1v) is 52.6. The number of aryl methyl sites for hydroxylation is 1. The molecule has 2 saturated carbocycles. The molecule has 0 atom stereocenters. The molecule has 0 amide bonds. The highest BCUT2D eigenvalue weighted by molar-refractivity contribution is 5.95. The predicted octanol–water partition coefficient (Wildman–Crippen LogP) is 32.1. The lowest BCUT2D eigenvalue weighted by molar-refractivity contribution is 0.138. The van der Waals surface area contributed by atoms with Crippen LogP contribution in [0, 0.1) is 6.92 Å². The fourth-order valence-electron chi connectivity index (χ4n) is 22.0. The molecule has 20 aromatic rings. The molecule has 2 aliphatic rings. The summed E-state index contributed by atoms with van der Waals surface area (Å²) in [5.74, 6) is 2.99. The highest BCUT2D eigenvalue weighted by atomic mass is 16.3. The number of benzene rings is 20. The van der Waals surface area contributed by atoms with Gasteiger partial charge in [0.25, 0.3) is 0 Å². The summed E-state index contributed by atoms with van der Waals surface area (Å²) in [4.78, 5) is 11.7. The van der Waals surface area contributed by atoms with Gasteiger partial charge in [-0.25, -0.2) is 0 Å². The molecule has 148 heavy (non-hydrogen) atoms. The minimum Gasteiger partial charge on any atom is -0.508 e. The predicted molar refractivity (Wildman–Crippen MR) is 613 cm³/mol. The number of aromatic hydroxyl groups is 9. The van der Waals surface area contributed by atoms with E-state index in [1.165, 1.54) is 78.8 Å². The zero-order valence-electron chi connectivity index (χ0n) is 86.0. The van der Waals surface area contributed by atoms with E-state index in [4.69, 9.17) is 0 Å². The van der Waals surface area contributed by atoms with Gasteiger partial charge in [0.15, 0.2) is 0 Å². The number of phenols is 9. The van der Waals surface area contributed by atoms with Gasteiger partial charge in [0.1, 0.15) is 51.7 Å². The average molecular weight is 1960 g/mol. The van der Waals surface area contributed by atoms with Gasteiger partial charge in [-0.3, -0.25) is 19.6 Å². The van der Waals surface area contributed by atoms with E-state index in [2.05, 4.69) is 206 Å². The van der Waals surface area contributed by atoms with Gasteiger partial charge in [0.2, 0.25) is 0 Å². The first kappa shape index (κ1) is 103. The summed E-state index contributed by atoms with van der Waals surface area (Å²) in [6.45, 7) is 18.4. The fourth-order valence-corrected chi connectivity index (χ4v) is 22.0. The Labute approximate surface area is 870 Å². The quantitative estimate of drug-likeness (QED) is 0.0248. The highest BCUT2D eigenvalue weighted by Crippen LogP contribution is 2.43. The summed E-state index contributed by atoms with van der Waals surface area (Å²) < 4.78 is 0. The maximum atomic E-state index is 10.8. The lowest BCUT2D eigenvalue weighted by Gasteiger charge is -2.35. The molecule has 0 aromatic heterocycles. The zero-order valence-corrected chi connectivity index (χ0v) is 86.0. The van der Waals surface area contributed by atoms with E-state index in [-0.39, 0.29) is 16.9 Å². The number of para-hydroxylation sites is 1. The molecule has 9 N–H and O–H groups in total. The monoisotopic (exact) mass is 1960 g/mol. The van der Waals surface area contributed by atoms with Crippen LogP contribution in [0.4, 0.5) is 5.69 Å². The third-order valence-electron chi connectivity index (χ3n) is 30.3. The molecule has 22 rings (SSSR count). The Hall–Kier alpha value is -15.4. The number of hydrogen-bond acceptors (Lipinski definition) is 14. The van der Waals surface area contributed by atoms with Crippen molar-refractivity contribution in [2.45, 2.75) is 195 Å². The number of fused-ring (bicyclic) bond motifs is 9.